The molecule has 1 fully saturated rings. The summed E-state index contributed by atoms with van der Waals surface area (Å²) in [4.78, 5) is 14.1. The molecule has 1 aromatic heterocycles. The van der Waals surface area contributed by atoms with Crippen molar-refractivity contribution in [1.29, 1.82) is 0 Å². The monoisotopic (exact) mass is 343 g/mol. The number of aliphatic hydroxyl groups is 1. The molecule has 1 saturated carbocycles. The fraction of sp³-hybridized carbons (Fsp3) is 0.556. The quantitative estimate of drug-likeness (QED) is 0.837. The number of carbonyl (C=O) groups is 1. The molecule has 1 aliphatic rings. The van der Waals surface area contributed by atoms with Crippen LogP contribution in [0.5, 0.6) is 0 Å². The lowest BCUT2D eigenvalue weighted by molar-refractivity contribution is 0.0635. The molecule has 25 heavy (non-hydrogen) atoms. The summed E-state index contributed by atoms with van der Waals surface area (Å²) >= 11 is 0. The van der Waals surface area contributed by atoms with Crippen molar-refractivity contribution >= 4 is 5.91 Å². The first-order valence-corrected chi connectivity index (χ1v) is 8.76. The lowest BCUT2D eigenvalue weighted by atomic mass is 9.96. The molecule has 3 rings (SSSR count). The van der Waals surface area contributed by atoms with Crippen LogP contribution >= 0.6 is 0 Å². The first-order valence-electron chi connectivity index (χ1n) is 8.76. The molecule has 1 aromatic carbocycles. The first kappa shape index (κ1) is 17.5. The van der Waals surface area contributed by atoms with Crippen molar-refractivity contribution in [3.63, 3.8) is 0 Å². The number of tetrazole rings is 1. The standard InChI is InChI=1S/C18H25N5O2/c1-17(2,25)12-13-23-21-16(20-22-23)18(10-6-7-11-18)19-15(24)14-8-4-3-5-9-14/h3-5,8-9,25H,6-7,10-13H2,1-2H3,(H,19,24). The summed E-state index contributed by atoms with van der Waals surface area (Å²) < 4.78 is 0. The largest absolute Gasteiger partial charge is 0.390 e. The van der Waals surface area contributed by atoms with Gasteiger partial charge in [-0.1, -0.05) is 31.0 Å². The molecule has 0 unspecified atom stereocenters. The van der Waals surface area contributed by atoms with Gasteiger partial charge in [0, 0.05) is 5.56 Å². The lowest BCUT2D eigenvalue weighted by Gasteiger charge is -2.26. The van der Waals surface area contributed by atoms with E-state index in [4.69, 9.17) is 0 Å². The van der Waals surface area contributed by atoms with Gasteiger partial charge in [0.15, 0.2) is 5.82 Å². The smallest absolute Gasteiger partial charge is 0.252 e. The number of amides is 1. The molecule has 0 aliphatic heterocycles. The van der Waals surface area contributed by atoms with E-state index in [-0.39, 0.29) is 5.91 Å². The normalized spacial score (nSPS) is 16.8. The highest BCUT2D eigenvalue weighted by molar-refractivity contribution is 5.94. The highest BCUT2D eigenvalue weighted by Gasteiger charge is 2.41. The zero-order chi connectivity index (χ0) is 17.9. The van der Waals surface area contributed by atoms with Gasteiger partial charge in [-0.15, -0.1) is 10.2 Å². The van der Waals surface area contributed by atoms with Crippen LogP contribution in [0.15, 0.2) is 30.3 Å². The number of carbonyl (C=O) groups excluding carboxylic acids is 1. The van der Waals surface area contributed by atoms with Crippen LogP contribution in [-0.2, 0) is 12.1 Å². The van der Waals surface area contributed by atoms with Crippen LogP contribution in [0.1, 0.15) is 62.1 Å². The van der Waals surface area contributed by atoms with Gasteiger partial charge in [-0.2, -0.15) is 4.80 Å². The molecule has 0 radical (unpaired) electrons. The molecule has 1 heterocycles. The Morgan fingerprint density at radius 3 is 2.60 bits per heavy atom. The van der Waals surface area contributed by atoms with Gasteiger partial charge in [-0.25, -0.2) is 0 Å². The summed E-state index contributed by atoms with van der Waals surface area (Å²) in [5.74, 6) is 0.445. The molecule has 0 saturated heterocycles. The maximum atomic E-state index is 12.6. The lowest BCUT2D eigenvalue weighted by Crippen LogP contribution is -2.44. The Hall–Kier alpha value is -2.28. The summed E-state index contributed by atoms with van der Waals surface area (Å²) in [5.41, 5.74) is -0.705. The average molecular weight is 343 g/mol. The maximum absolute atomic E-state index is 12.6. The summed E-state index contributed by atoms with van der Waals surface area (Å²) in [6, 6.07) is 9.18. The van der Waals surface area contributed by atoms with E-state index in [2.05, 4.69) is 20.7 Å². The molecule has 1 aliphatic carbocycles. The predicted octanol–water partition coefficient (Wildman–Crippen LogP) is 2.03. The molecule has 2 N–H and O–H groups in total. The van der Waals surface area contributed by atoms with Crippen LogP contribution in [0.25, 0.3) is 0 Å². The van der Waals surface area contributed by atoms with Crippen molar-refractivity contribution in [2.45, 2.75) is 63.6 Å². The van der Waals surface area contributed by atoms with Gasteiger partial charge in [0.1, 0.15) is 5.54 Å². The molecular formula is C18H25N5O2. The van der Waals surface area contributed by atoms with E-state index in [0.717, 1.165) is 25.7 Å². The van der Waals surface area contributed by atoms with Gasteiger partial charge in [0.25, 0.3) is 5.91 Å². The number of rotatable bonds is 6. The third kappa shape index (κ3) is 4.22. The highest BCUT2D eigenvalue weighted by Crippen LogP contribution is 2.37. The average Bonchev–Trinajstić information content (AvgIpc) is 3.23. The number of aromatic nitrogens is 4. The molecule has 0 atom stereocenters. The minimum atomic E-state index is -0.777. The summed E-state index contributed by atoms with van der Waals surface area (Å²) in [5, 5.41) is 25.8. The Balaban J connectivity index is 1.77. The number of nitrogens with zero attached hydrogens (tertiary/aromatic N) is 4. The Kier molecular flexibility index (Phi) is 4.85. The van der Waals surface area contributed by atoms with Gasteiger partial charge in [0.2, 0.25) is 0 Å². The predicted molar refractivity (Wildman–Crippen MR) is 92.8 cm³/mol. The van der Waals surface area contributed by atoms with Crippen LogP contribution in [-0.4, -0.2) is 36.8 Å². The summed E-state index contributed by atoms with van der Waals surface area (Å²) in [6.45, 7) is 3.99. The third-order valence-electron chi connectivity index (χ3n) is 4.65. The van der Waals surface area contributed by atoms with Crippen LogP contribution in [0.4, 0.5) is 0 Å². The molecular weight excluding hydrogens is 318 g/mol. The zero-order valence-corrected chi connectivity index (χ0v) is 14.8. The van der Waals surface area contributed by atoms with Crippen LogP contribution in [0.3, 0.4) is 0 Å². The highest BCUT2D eigenvalue weighted by atomic mass is 16.3. The van der Waals surface area contributed by atoms with Crippen molar-refractivity contribution in [2.24, 2.45) is 0 Å². The Labute approximate surface area is 147 Å². The zero-order valence-electron chi connectivity index (χ0n) is 14.8. The van der Waals surface area contributed by atoms with E-state index >= 15 is 0 Å². The van der Waals surface area contributed by atoms with E-state index in [9.17, 15) is 9.90 Å². The van der Waals surface area contributed by atoms with E-state index in [1.807, 2.05) is 18.2 Å². The fourth-order valence-electron chi connectivity index (χ4n) is 3.17. The van der Waals surface area contributed by atoms with E-state index in [1.54, 1.807) is 26.0 Å². The Morgan fingerprint density at radius 2 is 1.96 bits per heavy atom. The number of hydrogen-bond donors (Lipinski definition) is 2. The van der Waals surface area contributed by atoms with Crippen molar-refractivity contribution < 1.29 is 9.90 Å². The third-order valence-corrected chi connectivity index (χ3v) is 4.65. The van der Waals surface area contributed by atoms with Gasteiger partial charge in [0.05, 0.1) is 12.1 Å². The van der Waals surface area contributed by atoms with Crippen LogP contribution in [0, 0.1) is 0 Å². The van der Waals surface area contributed by atoms with Gasteiger partial charge in [-0.05, 0) is 50.5 Å². The van der Waals surface area contributed by atoms with Crippen LogP contribution < -0.4 is 5.32 Å². The fourth-order valence-corrected chi connectivity index (χ4v) is 3.17. The first-order chi connectivity index (χ1) is 11.9. The molecule has 7 nitrogen and oxygen atoms in total. The van der Waals surface area contributed by atoms with E-state index in [1.165, 1.54) is 4.80 Å². The number of nitrogens with one attached hydrogen (secondary N) is 1. The van der Waals surface area contributed by atoms with Crippen molar-refractivity contribution in [2.75, 3.05) is 0 Å². The van der Waals surface area contributed by atoms with Crippen molar-refractivity contribution in [3.05, 3.63) is 41.7 Å². The molecule has 134 valence electrons. The minimum Gasteiger partial charge on any atom is -0.390 e. The van der Waals surface area contributed by atoms with Gasteiger partial charge >= 0.3 is 0 Å². The van der Waals surface area contributed by atoms with Crippen molar-refractivity contribution in [3.8, 4) is 0 Å². The topological polar surface area (TPSA) is 92.9 Å². The Morgan fingerprint density at radius 1 is 1.28 bits per heavy atom. The molecule has 0 bridgehead atoms. The van der Waals surface area contributed by atoms with Gasteiger partial charge < -0.3 is 10.4 Å². The summed E-state index contributed by atoms with van der Waals surface area (Å²) in [6.07, 6.45) is 4.19. The molecule has 7 heteroatoms. The van der Waals surface area contributed by atoms with E-state index < -0.39 is 11.1 Å². The Bertz CT molecular complexity index is 715. The molecule has 0 spiro atoms. The minimum absolute atomic E-state index is 0.115. The van der Waals surface area contributed by atoms with E-state index in [0.29, 0.717) is 24.4 Å². The SMILES string of the molecule is CC(C)(O)CCn1nnc(C2(NC(=O)c3ccccc3)CCCC2)n1. The van der Waals surface area contributed by atoms with Crippen LogP contribution in [0.2, 0.25) is 0 Å². The van der Waals surface area contributed by atoms with Gasteiger partial charge in [-0.3, -0.25) is 4.79 Å². The second-order valence-corrected chi connectivity index (χ2v) is 7.38. The summed E-state index contributed by atoms with van der Waals surface area (Å²) in [7, 11) is 0. The number of benzene rings is 1. The number of aryl methyl sites for hydroxylation is 1. The number of hydrogen-bond acceptors (Lipinski definition) is 5. The molecule has 2 aromatic rings. The maximum Gasteiger partial charge on any atom is 0.252 e. The molecule has 1 amide bonds. The second-order valence-electron chi connectivity index (χ2n) is 7.38. The van der Waals surface area contributed by atoms with Crippen molar-refractivity contribution in [1.82, 2.24) is 25.5 Å². The second kappa shape index (κ2) is 6.92.